The normalized spacial score (nSPS) is 14.1. The lowest BCUT2D eigenvalue weighted by molar-refractivity contribution is 0.422. The van der Waals surface area contributed by atoms with Crippen molar-refractivity contribution in [2.24, 2.45) is 0 Å². The minimum atomic E-state index is -0.435. The summed E-state index contributed by atoms with van der Waals surface area (Å²) in [6.45, 7) is 1.99. The fourth-order valence-electron chi connectivity index (χ4n) is 4.34. The number of aromatic nitrogens is 6. The number of rotatable bonds is 7. The SMILES string of the molecule is CC[C@H](Nc1ncnc(N)c1-c1nc(C2CC2)no1)c1nc2cccc(Cl)c2c(=O)n1-c1ccccc1. The first-order valence-corrected chi connectivity index (χ1v) is 12.4. The van der Waals surface area contributed by atoms with Crippen molar-refractivity contribution in [1.82, 2.24) is 29.7 Å². The number of para-hydroxylation sites is 1. The van der Waals surface area contributed by atoms with E-state index in [0.717, 1.165) is 12.8 Å². The predicted molar refractivity (Wildman–Crippen MR) is 141 cm³/mol. The van der Waals surface area contributed by atoms with Crippen LogP contribution >= 0.6 is 11.6 Å². The highest BCUT2D eigenvalue weighted by atomic mass is 35.5. The fourth-order valence-corrected chi connectivity index (χ4v) is 4.60. The second-order valence-electron chi connectivity index (χ2n) is 8.90. The molecule has 3 N–H and O–H groups in total. The van der Waals surface area contributed by atoms with Crippen LogP contribution in [0.1, 0.15) is 49.8 Å². The lowest BCUT2D eigenvalue weighted by Gasteiger charge is -2.23. The quantitative estimate of drug-likeness (QED) is 0.310. The van der Waals surface area contributed by atoms with Crippen molar-refractivity contribution < 1.29 is 4.52 Å². The van der Waals surface area contributed by atoms with Crippen LogP contribution in [0.15, 0.2) is 64.2 Å². The number of hydrogen-bond donors (Lipinski definition) is 2. The summed E-state index contributed by atoms with van der Waals surface area (Å²) >= 11 is 6.43. The minimum absolute atomic E-state index is 0.206. The topological polar surface area (TPSA) is 138 Å². The molecule has 11 heteroatoms. The average Bonchev–Trinajstić information content (AvgIpc) is 3.65. The molecule has 1 atom stereocenters. The van der Waals surface area contributed by atoms with Gasteiger partial charge in [0.25, 0.3) is 11.4 Å². The van der Waals surface area contributed by atoms with Crippen LogP contribution in [0.3, 0.4) is 0 Å². The van der Waals surface area contributed by atoms with Crippen LogP contribution in [0, 0.1) is 0 Å². The molecule has 2 aromatic carbocycles. The molecule has 1 aliphatic rings. The lowest BCUT2D eigenvalue weighted by Crippen LogP contribution is -2.28. The van der Waals surface area contributed by atoms with Gasteiger partial charge in [0.2, 0.25) is 0 Å². The van der Waals surface area contributed by atoms with Crippen LogP contribution in [-0.2, 0) is 0 Å². The summed E-state index contributed by atoms with van der Waals surface area (Å²) in [5, 5.41) is 8.22. The molecule has 1 fully saturated rings. The summed E-state index contributed by atoms with van der Waals surface area (Å²) in [6, 6.07) is 14.1. The van der Waals surface area contributed by atoms with E-state index >= 15 is 0 Å². The maximum Gasteiger partial charge on any atom is 0.267 e. The van der Waals surface area contributed by atoms with Gasteiger partial charge in [-0.25, -0.2) is 15.0 Å². The Morgan fingerprint density at radius 1 is 1.14 bits per heavy atom. The Bertz CT molecular complexity index is 1660. The summed E-state index contributed by atoms with van der Waals surface area (Å²) < 4.78 is 7.11. The Morgan fingerprint density at radius 2 is 1.95 bits per heavy atom. The van der Waals surface area contributed by atoms with Gasteiger partial charge >= 0.3 is 0 Å². The van der Waals surface area contributed by atoms with E-state index in [4.69, 9.17) is 26.8 Å². The van der Waals surface area contributed by atoms with Gasteiger partial charge in [0.15, 0.2) is 5.82 Å². The van der Waals surface area contributed by atoms with Crippen molar-refractivity contribution in [2.45, 2.75) is 38.1 Å². The molecule has 1 aliphatic carbocycles. The molecule has 3 aromatic heterocycles. The third-order valence-corrected chi connectivity index (χ3v) is 6.71. The van der Waals surface area contributed by atoms with Gasteiger partial charge in [0.05, 0.1) is 27.7 Å². The molecule has 0 saturated heterocycles. The van der Waals surface area contributed by atoms with Gasteiger partial charge in [-0.1, -0.05) is 47.9 Å². The smallest absolute Gasteiger partial charge is 0.267 e. The highest BCUT2D eigenvalue weighted by Crippen LogP contribution is 2.40. The Balaban J connectivity index is 1.50. The first-order valence-electron chi connectivity index (χ1n) is 12.0. The van der Waals surface area contributed by atoms with Gasteiger partial charge in [-0.05, 0) is 43.5 Å². The van der Waals surface area contributed by atoms with Crippen molar-refractivity contribution in [3.05, 3.63) is 81.9 Å². The molecular weight excluding hydrogens is 492 g/mol. The molecule has 1 saturated carbocycles. The second kappa shape index (κ2) is 9.29. The first-order chi connectivity index (χ1) is 18.0. The third-order valence-electron chi connectivity index (χ3n) is 6.39. The minimum Gasteiger partial charge on any atom is -0.383 e. The Labute approximate surface area is 216 Å². The molecule has 0 amide bonds. The number of nitrogen functional groups attached to an aromatic ring is 1. The van der Waals surface area contributed by atoms with Gasteiger partial charge in [-0.15, -0.1) is 0 Å². The second-order valence-corrected chi connectivity index (χ2v) is 9.31. The van der Waals surface area contributed by atoms with Crippen LogP contribution in [0.4, 0.5) is 11.6 Å². The van der Waals surface area contributed by atoms with Gasteiger partial charge in [0.1, 0.15) is 29.4 Å². The fraction of sp³-hybridized carbons (Fsp3) is 0.231. The predicted octanol–water partition coefficient (Wildman–Crippen LogP) is 4.90. The van der Waals surface area contributed by atoms with Crippen LogP contribution < -0.4 is 16.6 Å². The molecule has 10 nitrogen and oxygen atoms in total. The molecule has 0 bridgehead atoms. The van der Waals surface area contributed by atoms with E-state index in [1.54, 1.807) is 22.8 Å². The van der Waals surface area contributed by atoms with Crippen LogP contribution in [0.5, 0.6) is 0 Å². The Hall–Kier alpha value is -4.31. The molecular formula is C26H23ClN8O2. The number of nitrogens with two attached hydrogens (primary N) is 1. The summed E-state index contributed by atoms with van der Waals surface area (Å²) in [5.74, 6) is 2.33. The summed E-state index contributed by atoms with van der Waals surface area (Å²) in [4.78, 5) is 31.8. The van der Waals surface area contributed by atoms with Gasteiger partial charge in [-0.2, -0.15) is 4.98 Å². The van der Waals surface area contributed by atoms with E-state index in [2.05, 4.69) is 25.4 Å². The molecule has 0 aliphatic heterocycles. The molecule has 0 unspecified atom stereocenters. The number of fused-ring (bicyclic) bond motifs is 1. The maximum absolute atomic E-state index is 13.8. The van der Waals surface area contributed by atoms with Gasteiger partial charge in [0, 0.05) is 5.92 Å². The molecule has 0 radical (unpaired) electrons. The first kappa shape index (κ1) is 23.1. The number of nitrogens with one attached hydrogen (secondary N) is 1. The van der Waals surface area contributed by atoms with E-state index in [1.165, 1.54) is 6.33 Å². The zero-order chi connectivity index (χ0) is 25.5. The molecule has 5 aromatic rings. The van der Waals surface area contributed by atoms with Crippen LogP contribution in [0.2, 0.25) is 5.02 Å². The number of anilines is 2. The number of nitrogens with zero attached hydrogens (tertiary/aromatic N) is 6. The Kier molecular flexibility index (Phi) is 5.80. The van der Waals surface area contributed by atoms with Crippen molar-refractivity contribution in [1.29, 1.82) is 0 Å². The zero-order valence-corrected chi connectivity index (χ0v) is 20.7. The number of benzene rings is 2. The van der Waals surface area contributed by atoms with Crippen molar-refractivity contribution >= 4 is 34.1 Å². The Morgan fingerprint density at radius 3 is 2.70 bits per heavy atom. The molecule has 6 rings (SSSR count). The highest BCUT2D eigenvalue weighted by molar-refractivity contribution is 6.35. The maximum atomic E-state index is 13.8. The largest absolute Gasteiger partial charge is 0.383 e. The van der Waals surface area contributed by atoms with E-state index in [-0.39, 0.29) is 17.3 Å². The summed E-state index contributed by atoms with van der Waals surface area (Å²) in [5.41, 5.74) is 7.58. The molecule has 37 heavy (non-hydrogen) atoms. The van der Waals surface area contributed by atoms with Gasteiger partial charge < -0.3 is 15.6 Å². The number of hydrogen-bond acceptors (Lipinski definition) is 9. The van der Waals surface area contributed by atoms with Crippen molar-refractivity contribution in [3.8, 4) is 17.1 Å². The molecule has 0 spiro atoms. The van der Waals surface area contributed by atoms with E-state index in [1.807, 2.05) is 37.3 Å². The van der Waals surface area contributed by atoms with E-state index < -0.39 is 6.04 Å². The zero-order valence-electron chi connectivity index (χ0n) is 19.9. The lowest BCUT2D eigenvalue weighted by atomic mass is 10.1. The monoisotopic (exact) mass is 514 g/mol. The standard InChI is InChI=1S/C26H23ClN8O2/c1-2-17(31-23-20(21(28)29-13-30-23)25-33-22(34-37-25)14-11-12-14)24-32-18-10-6-9-16(27)19(18)26(36)35(24)15-7-4-3-5-8-15/h3-10,13-14,17H,2,11-12H2,1H3,(H3,28,29,30,31)/t17-/m0/s1. The highest BCUT2D eigenvalue weighted by Gasteiger charge is 2.31. The van der Waals surface area contributed by atoms with E-state index in [9.17, 15) is 4.79 Å². The van der Waals surface area contributed by atoms with Crippen LogP contribution in [0.25, 0.3) is 28.0 Å². The molecule has 3 heterocycles. The van der Waals surface area contributed by atoms with Crippen molar-refractivity contribution in [2.75, 3.05) is 11.1 Å². The number of halogens is 1. The summed E-state index contributed by atoms with van der Waals surface area (Å²) in [6.07, 6.45) is 4.02. The van der Waals surface area contributed by atoms with E-state index in [0.29, 0.717) is 57.0 Å². The van der Waals surface area contributed by atoms with Crippen LogP contribution in [-0.4, -0.2) is 29.7 Å². The third kappa shape index (κ3) is 4.19. The van der Waals surface area contributed by atoms with Gasteiger partial charge in [-0.3, -0.25) is 9.36 Å². The average molecular weight is 515 g/mol. The molecule has 186 valence electrons. The van der Waals surface area contributed by atoms with Crippen molar-refractivity contribution in [3.63, 3.8) is 0 Å². The summed E-state index contributed by atoms with van der Waals surface area (Å²) in [7, 11) is 0.